The maximum atomic E-state index is 12.1. The van der Waals surface area contributed by atoms with Crippen LogP contribution in [0.4, 0.5) is 0 Å². The topological polar surface area (TPSA) is 131 Å². The van der Waals surface area contributed by atoms with E-state index in [2.05, 4.69) is 15.3 Å². The van der Waals surface area contributed by atoms with Crippen LogP contribution in [0.5, 0.6) is 23.1 Å². The van der Waals surface area contributed by atoms with Gasteiger partial charge in [-0.25, -0.2) is 9.97 Å². The maximum Gasteiger partial charge on any atom is 0.322 e. The fourth-order valence-electron chi connectivity index (χ4n) is 2.53. The molecule has 28 heavy (non-hydrogen) atoms. The van der Waals surface area contributed by atoms with Crippen LogP contribution in [0.3, 0.4) is 0 Å². The third-order valence-electron chi connectivity index (χ3n) is 3.87. The number of pyridine rings is 2. The Labute approximate surface area is 159 Å². The number of nitrogens with zero attached hydrogens (tertiary/aromatic N) is 2. The summed E-state index contributed by atoms with van der Waals surface area (Å²) in [6, 6.07) is 10.0. The van der Waals surface area contributed by atoms with E-state index >= 15 is 0 Å². The third kappa shape index (κ3) is 3.93. The Bertz CT molecular complexity index is 1050. The van der Waals surface area contributed by atoms with Crippen molar-refractivity contribution < 1.29 is 29.3 Å². The zero-order valence-electron chi connectivity index (χ0n) is 15.1. The molecule has 2 heterocycles. The molecule has 144 valence electrons. The molecule has 0 saturated heterocycles. The summed E-state index contributed by atoms with van der Waals surface area (Å²) in [5.74, 6) is -0.850. The fourth-order valence-corrected chi connectivity index (χ4v) is 2.53. The van der Waals surface area contributed by atoms with E-state index in [1.54, 1.807) is 50.4 Å². The Morgan fingerprint density at radius 1 is 1.07 bits per heavy atom. The lowest BCUT2D eigenvalue weighted by Crippen LogP contribution is -2.30. The highest BCUT2D eigenvalue weighted by molar-refractivity contribution is 6.02. The molecule has 2 aromatic heterocycles. The molecular weight excluding hydrogens is 366 g/mol. The molecule has 0 aliphatic carbocycles. The Morgan fingerprint density at radius 3 is 2.39 bits per heavy atom. The Morgan fingerprint density at radius 2 is 1.75 bits per heavy atom. The average molecular weight is 383 g/mol. The van der Waals surface area contributed by atoms with Gasteiger partial charge in [0.05, 0.1) is 18.3 Å². The largest absolute Gasteiger partial charge is 0.505 e. The first-order chi connectivity index (χ1) is 13.4. The number of amides is 1. The predicted octanol–water partition coefficient (Wildman–Crippen LogP) is 2.26. The SMILES string of the molecule is COc1ccc(Oc2ccc3c(O)c(C(=O)NCC(=O)O)nc(C)c3n2)cc1. The van der Waals surface area contributed by atoms with Gasteiger partial charge in [0.1, 0.15) is 18.0 Å². The quantitative estimate of drug-likeness (QED) is 0.591. The number of benzene rings is 1. The number of methoxy groups -OCH3 is 1. The number of aryl methyl sites for hydroxylation is 1. The summed E-state index contributed by atoms with van der Waals surface area (Å²) in [6.45, 7) is 1.05. The van der Waals surface area contributed by atoms with E-state index < -0.39 is 18.4 Å². The average Bonchev–Trinajstić information content (AvgIpc) is 2.69. The van der Waals surface area contributed by atoms with Crippen LogP contribution in [0, 0.1) is 6.92 Å². The number of carboxylic acid groups (broad SMARTS) is 1. The molecule has 3 N–H and O–H groups in total. The second kappa shape index (κ2) is 7.78. The van der Waals surface area contributed by atoms with E-state index in [-0.39, 0.29) is 17.3 Å². The van der Waals surface area contributed by atoms with Crippen molar-refractivity contribution in [3.05, 3.63) is 47.8 Å². The number of rotatable bonds is 6. The van der Waals surface area contributed by atoms with Crippen LogP contribution in [0.15, 0.2) is 36.4 Å². The summed E-state index contributed by atoms with van der Waals surface area (Å²) in [4.78, 5) is 31.1. The van der Waals surface area contributed by atoms with Crippen LogP contribution in [0.25, 0.3) is 10.9 Å². The Kier molecular flexibility index (Phi) is 5.25. The van der Waals surface area contributed by atoms with Crippen molar-refractivity contribution in [1.82, 2.24) is 15.3 Å². The van der Waals surface area contributed by atoms with Gasteiger partial charge in [-0.05, 0) is 37.3 Å². The molecule has 1 aromatic carbocycles. The molecule has 0 aliphatic heterocycles. The highest BCUT2D eigenvalue weighted by Gasteiger charge is 2.19. The van der Waals surface area contributed by atoms with Crippen molar-refractivity contribution in [3.8, 4) is 23.1 Å². The van der Waals surface area contributed by atoms with Gasteiger partial charge in [0, 0.05) is 11.5 Å². The van der Waals surface area contributed by atoms with Gasteiger partial charge < -0.3 is 25.0 Å². The highest BCUT2D eigenvalue weighted by Crippen LogP contribution is 2.31. The zero-order valence-corrected chi connectivity index (χ0v) is 15.1. The van der Waals surface area contributed by atoms with E-state index in [1.807, 2.05) is 0 Å². The van der Waals surface area contributed by atoms with Crippen molar-refractivity contribution in [1.29, 1.82) is 0 Å². The number of hydrogen-bond acceptors (Lipinski definition) is 7. The molecule has 0 radical (unpaired) electrons. The monoisotopic (exact) mass is 383 g/mol. The van der Waals surface area contributed by atoms with Gasteiger partial charge in [0.25, 0.3) is 5.91 Å². The molecule has 3 aromatic rings. The van der Waals surface area contributed by atoms with Gasteiger partial charge in [-0.2, -0.15) is 0 Å². The van der Waals surface area contributed by atoms with Crippen molar-refractivity contribution in [2.24, 2.45) is 0 Å². The second-order valence-electron chi connectivity index (χ2n) is 5.79. The van der Waals surface area contributed by atoms with E-state index in [9.17, 15) is 14.7 Å². The first kappa shape index (κ1) is 18.9. The van der Waals surface area contributed by atoms with Crippen LogP contribution in [0.2, 0.25) is 0 Å². The van der Waals surface area contributed by atoms with Crippen molar-refractivity contribution in [3.63, 3.8) is 0 Å². The number of carbonyl (C=O) groups is 2. The number of aliphatic carboxylic acids is 1. The number of hydrogen-bond donors (Lipinski definition) is 3. The van der Waals surface area contributed by atoms with Gasteiger partial charge in [0.15, 0.2) is 11.4 Å². The molecule has 9 nitrogen and oxygen atoms in total. The minimum atomic E-state index is -1.20. The van der Waals surface area contributed by atoms with E-state index in [1.165, 1.54) is 0 Å². The molecule has 0 atom stereocenters. The van der Waals surface area contributed by atoms with Crippen LogP contribution < -0.4 is 14.8 Å². The first-order valence-corrected chi connectivity index (χ1v) is 8.21. The van der Waals surface area contributed by atoms with Crippen molar-refractivity contribution in [2.75, 3.05) is 13.7 Å². The van der Waals surface area contributed by atoms with Gasteiger partial charge >= 0.3 is 5.97 Å². The van der Waals surface area contributed by atoms with Crippen LogP contribution >= 0.6 is 0 Å². The number of fused-ring (bicyclic) bond motifs is 1. The summed E-state index contributed by atoms with van der Waals surface area (Å²) < 4.78 is 10.8. The lowest BCUT2D eigenvalue weighted by molar-refractivity contribution is -0.135. The normalized spacial score (nSPS) is 10.5. The summed E-state index contributed by atoms with van der Waals surface area (Å²) in [5.41, 5.74) is 0.476. The standard InChI is InChI=1S/C19H17N3O6/c1-10-16-13(18(25)17(21-10)19(26)20-9-15(23)24)7-8-14(22-16)28-12-5-3-11(27-2)4-6-12/h3-8,25H,9H2,1-2H3,(H,20,26)(H,23,24). The number of carboxylic acids is 1. The van der Waals surface area contributed by atoms with Crippen LogP contribution in [-0.4, -0.2) is 45.7 Å². The van der Waals surface area contributed by atoms with Gasteiger partial charge in [-0.15, -0.1) is 0 Å². The number of aromatic nitrogens is 2. The predicted molar refractivity (Wildman–Crippen MR) is 99.0 cm³/mol. The molecule has 0 saturated carbocycles. The number of aromatic hydroxyl groups is 1. The summed E-state index contributed by atoms with van der Waals surface area (Å²) in [7, 11) is 1.57. The minimum Gasteiger partial charge on any atom is -0.505 e. The second-order valence-corrected chi connectivity index (χ2v) is 5.79. The van der Waals surface area contributed by atoms with E-state index in [0.29, 0.717) is 28.1 Å². The van der Waals surface area contributed by atoms with Crippen molar-refractivity contribution >= 4 is 22.8 Å². The summed E-state index contributed by atoms with van der Waals surface area (Å²) >= 11 is 0. The lowest BCUT2D eigenvalue weighted by atomic mass is 10.1. The molecule has 0 spiro atoms. The molecule has 0 unspecified atom stereocenters. The van der Waals surface area contributed by atoms with Crippen LogP contribution in [0.1, 0.15) is 16.2 Å². The molecule has 0 bridgehead atoms. The third-order valence-corrected chi connectivity index (χ3v) is 3.87. The first-order valence-electron chi connectivity index (χ1n) is 8.21. The molecule has 0 aliphatic rings. The van der Waals surface area contributed by atoms with Crippen molar-refractivity contribution in [2.45, 2.75) is 6.92 Å². The summed E-state index contributed by atoms with van der Waals surface area (Å²) in [6.07, 6.45) is 0. The molecule has 3 rings (SSSR count). The number of carbonyl (C=O) groups excluding carboxylic acids is 1. The van der Waals surface area contributed by atoms with E-state index in [0.717, 1.165) is 0 Å². The molecule has 0 fully saturated rings. The molecular formula is C19H17N3O6. The smallest absolute Gasteiger partial charge is 0.322 e. The number of ether oxygens (including phenoxy) is 2. The lowest BCUT2D eigenvalue weighted by Gasteiger charge is -2.11. The van der Waals surface area contributed by atoms with E-state index in [4.69, 9.17) is 14.6 Å². The molecule has 1 amide bonds. The van der Waals surface area contributed by atoms with Gasteiger partial charge in [-0.3, -0.25) is 9.59 Å². The Hall–Kier alpha value is -3.88. The summed E-state index contributed by atoms with van der Waals surface area (Å²) in [5, 5.41) is 21.5. The highest BCUT2D eigenvalue weighted by atomic mass is 16.5. The number of nitrogens with one attached hydrogen (secondary N) is 1. The van der Waals surface area contributed by atoms with Gasteiger partial charge in [0.2, 0.25) is 5.88 Å². The fraction of sp³-hybridized carbons (Fsp3) is 0.158. The van der Waals surface area contributed by atoms with Crippen LogP contribution in [-0.2, 0) is 4.79 Å². The van der Waals surface area contributed by atoms with Gasteiger partial charge in [-0.1, -0.05) is 0 Å². The minimum absolute atomic E-state index is 0.267. The maximum absolute atomic E-state index is 12.1. The Balaban J connectivity index is 1.91. The zero-order chi connectivity index (χ0) is 20.3. The molecule has 9 heteroatoms.